The van der Waals surface area contributed by atoms with Gasteiger partial charge in [-0.2, -0.15) is 17.0 Å². The summed E-state index contributed by atoms with van der Waals surface area (Å²) in [5.74, 6) is 0.434. The lowest BCUT2D eigenvalue weighted by atomic mass is 10.2. The minimum absolute atomic E-state index is 0.353. The van der Waals surface area contributed by atoms with E-state index in [-0.39, 0.29) is 5.95 Å². The first-order chi connectivity index (χ1) is 5.34. The summed E-state index contributed by atoms with van der Waals surface area (Å²) in [6.07, 6.45) is 3.08. The number of aromatic nitrogens is 1. The molecule has 0 aliphatic carbocycles. The largest absolute Gasteiger partial charge is 0.228 e. The third kappa shape index (κ3) is 2.50. The Morgan fingerprint density at radius 3 is 3.00 bits per heavy atom. The fraction of sp³-hybridized carbons (Fsp3) is 0.375. The Kier molecular flexibility index (Phi) is 3.36. The molecule has 60 valence electrons. The summed E-state index contributed by atoms with van der Waals surface area (Å²) < 4.78 is 12.8. The van der Waals surface area contributed by atoms with E-state index in [9.17, 15) is 4.39 Å². The molecule has 1 nitrogen and oxygen atoms in total. The van der Waals surface area contributed by atoms with Gasteiger partial charge in [0.25, 0.3) is 0 Å². The van der Waals surface area contributed by atoms with Crippen LogP contribution in [0.2, 0.25) is 0 Å². The third-order valence-electron chi connectivity index (χ3n) is 1.44. The monoisotopic (exact) mass is 171 g/mol. The van der Waals surface area contributed by atoms with Crippen molar-refractivity contribution in [2.45, 2.75) is 12.8 Å². The van der Waals surface area contributed by atoms with Gasteiger partial charge in [-0.25, -0.2) is 4.98 Å². The molecule has 0 aliphatic rings. The molecule has 0 radical (unpaired) electrons. The predicted molar refractivity (Wildman–Crippen MR) is 46.4 cm³/mol. The Morgan fingerprint density at radius 1 is 1.55 bits per heavy atom. The molecule has 11 heavy (non-hydrogen) atoms. The minimum atomic E-state index is -0.353. The van der Waals surface area contributed by atoms with E-state index in [0.29, 0.717) is 5.56 Å². The van der Waals surface area contributed by atoms with Gasteiger partial charge in [0.05, 0.1) is 0 Å². The van der Waals surface area contributed by atoms with E-state index in [0.717, 1.165) is 18.6 Å². The van der Waals surface area contributed by atoms with Gasteiger partial charge in [-0.3, -0.25) is 0 Å². The maximum Gasteiger partial charge on any atom is 0.216 e. The average Bonchev–Trinajstić information content (AvgIpc) is 2.03. The SMILES string of the molecule is Fc1ncccc1CCCS. The zero-order valence-corrected chi connectivity index (χ0v) is 7.02. The highest BCUT2D eigenvalue weighted by molar-refractivity contribution is 7.80. The molecule has 1 aromatic heterocycles. The Balaban J connectivity index is 2.62. The van der Waals surface area contributed by atoms with E-state index in [1.165, 1.54) is 6.20 Å². The Morgan fingerprint density at radius 2 is 2.36 bits per heavy atom. The maximum absolute atomic E-state index is 12.8. The van der Waals surface area contributed by atoms with Crippen molar-refractivity contribution in [3.63, 3.8) is 0 Å². The van der Waals surface area contributed by atoms with Crippen LogP contribution in [0, 0.1) is 5.95 Å². The molecule has 0 unspecified atom stereocenters. The summed E-state index contributed by atoms with van der Waals surface area (Å²) in [4.78, 5) is 3.54. The fourth-order valence-corrected chi connectivity index (χ4v) is 1.03. The van der Waals surface area contributed by atoms with Crippen molar-refractivity contribution in [1.29, 1.82) is 0 Å². The molecule has 0 saturated carbocycles. The fourth-order valence-electron chi connectivity index (χ4n) is 0.875. The summed E-state index contributed by atoms with van der Waals surface area (Å²) in [7, 11) is 0. The molecule has 0 N–H and O–H groups in total. The van der Waals surface area contributed by atoms with E-state index in [2.05, 4.69) is 17.6 Å². The Labute approximate surface area is 71.1 Å². The van der Waals surface area contributed by atoms with Crippen molar-refractivity contribution in [2.24, 2.45) is 0 Å². The summed E-state index contributed by atoms with van der Waals surface area (Å²) in [5, 5.41) is 0. The number of rotatable bonds is 3. The molecule has 0 aromatic carbocycles. The predicted octanol–water partition coefficient (Wildman–Crippen LogP) is 2.08. The summed E-state index contributed by atoms with van der Waals surface area (Å²) in [6.45, 7) is 0. The van der Waals surface area contributed by atoms with Crippen LogP contribution in [0.5, 0.6) is 0 Å². The maximum atomic E-state index is 12.8. The van der Waals surface area contributed by atoms with Crippen LogP contribution in [0.3, 0.4) is 0 Å². The highest BCUT2D eigenvalue weighted by Crippen LogP contribution is 2.06. The molecule has 0 spiro atoms. The van der Waals surface area contributed by atoms with Crippen LogP contribution in [0.1, 0.15) is 12.0 Å². The number of hydrogen-bond donors (Lipinski definition) is 1. The molecule has 1 aromatic rings. The van der Waals surface area contributed by atoms with Crippen molar-refractivity contribution in [1.82, 2.24) is 4.98 Å². The summed E-state index contributed by atoms with van der Waals surface area (Å²) >= 11 is 4.04. The number of nitrogens with zero attached hydrogens (tertiary/aromatic N) is 1. The van der Waals surface area contributed by atoms with Gasteiger partial charge in [0.1, 0.15) is 0 Å². The van der Waals surface area contributed by atoms with Gasteiger partial charge in [0.2, 0.25) is 5.95 Å². The highest BCUT2D eigenvalue weighted by Gasteiger charge is 1.99. The molecule has 0 amide bonds. The zero-order valence-electron chi connectivity index (χ0n) is 6.13. The zero-order chi connectivity index (χ0) is 8.10. The van der Waals surface area contributed by atoms with Crippen LogP contribution < -0.4 is 0 Å². The molecule has 0 aliphatic heterocycles. The average molecular weight is 171 g/mol. The van der Waals surface area contributed by atoms with Crippen LogP contribution in [0.25, 0.3) is 0 Å². The first-order valence-corrected chi connectivity index (χ1v) is 4.18. The second kappa shape index (κ2) is 4.34. The van der Waals surface area contributed by atoms with Crippen LogP contribution in [0.4, 0.5) is 4.39 Å². The molecule has 1 heterocycles. The molecule has 0 fully saturated rings. The molecule has 1 rings (SSSR count). The standard InChI is InChI=1S/C8H10FNS/c9-8-7(4-2-6-11)3-1-5-10-8/h1,3,5,11H,2,4,6H2. The Hall–Kier alpha value is -0.570. The molecule has 0 atom stereocenters. The van der Waals surface area contributed by atoms with Crippen molar-refractivity contribution < 1.29 is 4.39 Å². The van der Waals surface area contributed by atoms with Crippen molar-refractivity contribution in [2.75, 3.05) is 5.75 Å². The summed E-state index contributed by atoms with van der Waals surface area (Å²) in [5.41, 5.74) is 0.682. The van der Waals surface area contributed by atoms with Crippen LogP contribution in [0.15, 0.2) is 18.3 Å². The van der Waals surface area contributed by atoms with E-state index in [1.807, 2.05) is 0 Å². The third-order valence-corrected chi connectivity index (χ3v) is 1.76. The Bertz CT molecular complexity index is 227. The molecular weight excluding hydrogens is 161 g/mol. The van der Waals surface area contributed by atoms with Crippen LogP contribution in [-0.4, -0.2) is 10.7 Å². The number of thiol groups is 1. The van der Waals surface area contributed by atoms with Crippen molar-refractivity contribution in [3.05, 3.63) is 29.8 Å². The molecule has 3 heteroatoms. The van der Waals surface area contributed by atoms with Crippen LogP contribution >= 0.6 is 12.6 Å². The number of halogens is 1. The molecule has 0 bridgehead atoms. The highest BCUT2D eigenvalue weighted by atomic mass is 32.1. The van der Waals surface area contributed by atoms with Gasteiger partial charge in [-0.1, -0.05) is 6.07 Å². The van der Waals surface area contributed by atoms with Gasteiger partial charge in [0, 0.05) is 11.8 Å². The quantitative estimate of drug-likeness (QED) is 0.542. The first kappa shape index (κ1) is 8.53. The normalized spacial score (nSPS) is 10.0. The lowest BCUT2D eigenvalue weighted by Crippen LogP contribution is -1.93. The number of pyridine rings is 1. The van der Waals surface area contributed by atoms with Crippen LogP contribution in [-0.2, 0) is 6.42 Å². The van der Waals surface area contributed by atoms with Gasteiger partial charge >= 0.3 is 0 Å². The van der Waals surface area contributed by atoms with E-state index >= 15 is 0 Å². The van der Waals surface area contributed by atoms with E-state index in [4.69, 9.17) is 0 Å². The van der Waals surface area contributed by atoms with Crippen molar-refractivity contribution in [3.8, 4) is 0 Å². The topological polar surface area (TPSA) is 12.9 Å². The van der Waals surface area contributed by atoms with Gasteiger partial charge in [0.15, 0.2) is 0 Å². The minimum Gasteiger partial charge on any atom is -0.228 e. The van der Waals surface area contributed by atoms with Gasteiger partial charge in [-0.05, 0) is 24.7 Å². The first-order valence-electron chi connectivity index (χ1n) is 3.55. The van der Waals surface area contributed by atoms with E-state index < -0.39 is 0 Å². The second-order valence-corrected chi connectivity index (χ2v) is 2.73. The second-order valence-electron chi connectivity index (χ2n) is 2.28. The summed E-state index contributed by atoms with van der Waals surface area (Å²) in [6, 6.07) is 3.50. The smallest absolute Gasteiger partial charge is 0.216 e. The number of aryl methyl sites for hydroxylation is 1. The van der Waals surface area contributed by atoms with Gasteiger partial charge in [-0.15, -0.1) is 0 Å². The lowest BCUT2D eigenvalue weighted by molar-refractivity contribution is 0.565. The lowest BCUT2D eigenvalue weighted by Gasteiger charge is -1.98. The van der Waals surface area contributed by atoms with Gasteiger partial charge < -0.3 is 0 Å². The molecular formula is C8H10FNS. The molecule has 0 saturated heterocycles. The van der Waals surface area contributed by atoms with E-state index in [1.54, 1.807) is 12.1 Å². The van der Waals surface area contributed by atoms with Crippen molar-refractivity contribution >= 4 is 12.6 Å². The number of hydrogen-bond acceptors (Lipinski definition) is 2.